The Morgan fingerprint density at radius 2 is 1.68 bits per heavy atom. The minimum Gasteiger partial charge on any atom is -0.497 e. The van der Waals surface area contributed by atoms with Crippen molar-refractivity contribution in [2.45, 2.75) is 45.7 Å². The van der Waals surface area contributed by atoms with Gasteiger partial charge in [-0.1, -0.05) is 56.3 Å². The maximum atomic E-state index is 5.27. The standard InChI is InChI=1S/C25H33N5O/c1-19(2)24(29-15-13-21(14-16-29)17-20-7-5-4-6-8-20)25-26-27-28-30(25)18-22-9-11-23(31-3)12-10-22/h4-12,19,21,24H,13-18H2,1-3H3. The summed E-state index contributed by atoms with van der Waals surface area (Å²) in [4.78, 5) is 2.59. The lowest BCUT2D eigenvalue weighted by molar-refractivity contribution is 0.0954. The average Bonchev–Trinajstić information content (AvgIpc) is 3.23. The van der Waals surface area contributed by atoms with Crippen LogP contribution < -0.4 is 4.74 Å². The molecule has 31 heavy (non-hydrogen) atoms. The van der Waals surface area contributed by atoms with Crippen molar-refractivity contribution in [1.29, 1.82) is 0 Å². The molecule has 6 nitrogen and oxygen atoms in total. The Morgan fingerprint density at radius 1 is 0.968 bits per heavy atom. The number of methoxy groups -OCH3 is 1. The smallest absolute Gasteiger partial charge is 0.169 e. The number of hydrogen-bond acceptors (Lipinski definition) is 5. The van der Waals surface area contributed by atoms with Crippen LogP contribution >= 0.6 is 0 Å². The van der Waals surface area contributed by atoms with Crippen LogP contribution in [0.15, 0.2) is 54.6 Å². The van der Waals surface area contributed by atoms with Crippen LogP contribution in [0.5, 0.6) is 5.75 Å². The van der Waals surface area contributed by atoms with E-state index in [4.69, 9.17) is 4.74 Å². The molecule has 1 saturated heterocycles. The molecule has 0 aliphatic carbocycles. The van der Waals surface area contributed by atoms with Gasteiger partial charge in [-0.15, -0.1) is 5.10 Å². The van der Waals surface area contributed by atoms with Crippen molar-refractivity contribution in [3.8, 4) is 5.75 Å². The van der Waals surface area contributed by atoms with E-state index in [0.717, 1.165) is 30.6 Å². The Balaban J connectivity index is 1.43. The third-order valence-corrected chi connectivity index (χ3v) is 6.36. The van der Waals surface area contributed by atoms with Gasteiger partial charge in [0.1, 0.15) is 5.75 Å². The van der Waals surface area contributed by atoms with Crippen LogP contribution in [0.3, 0.4) is 0 Å². The van der Waals surface area contributed by atoms with Crippen LogP contribution in [0.25, 0.3) is 0 Å². The van der Waals surface area contributed by atoms with E-state index in [1.165, 1.54) is 30.4 Å². The number of tetrazole rings is 1. The maximum absolute atomic E-state index is 5.27. The Labute approximate surface area is 185 Å². The molecule has 2 aromatic carbocycles. The third kappa shape index (κ3) is 5.31. The topological polar surface area (TPSA) is 56.1 Å². The van der Waals surface area contributed by atoms with E-state index in [2.05, 4.69) is 76.7 Å². The highest BCUT2D eigenvalue weighted by Crippen LogP contribution is 2.32. The Bertz CT molecular complexity index is 930. The molecule has 0 bridgehead atoms. The molecule has 1 aliphatic heterocycles. The predicted octanol–water partition coefficient (Wildman–Crippen LogP) is 4.38. The Hall–Kier alpha value is -2.73. The molecular weight excluding hydrogens is 386 g/mol. The quantitative estimate of drug-likeness (QED) is 0.542. The van der Waals surface area contributed by atoms with E-state index >= 15 is 0 Å². The van der Waals surface area contributed by atoms with Crippen molar-refractivity contribution >= 4 is 0 Å². The minimum atomic E-state index is 0.228. The average molecular weight is 420 g/mol. The van der Waals surface area contributed by atoms with Crippen molar-refractivity contribution < 1.29 is 4.74 Å². The zero-order chi connectivity index (χ0) is 21.6. The van der Waals surface area contributed by atoms with Gasteiger partial charge < -0.3 is 4.74 Å². The molecule has 1 aromatic heterocycles. The third-order valence-electron chi connectivity index (χ3n) is 6.36. The number of ether oxygens (including phenoxy) is 1. The van der Waals surface area contributed by atoms with Gasteiger partial charge in [-0.25, -0.2) is 4.68 Å². The normalized spacial score (nSPS) is 16.5. The van der Waals surface area contributed by atoms with Crippen LogP contribution in [0.2, 0.25) is 0 Å². The zero-order valence-corrected chi connectivity index (χ0v) is 18.8. The molecule has 0 amide bonds. The summed E-state index contributed by atoms with van der Waals surface area (Å²) in [6.07, 6.45) is 3.62. The number of piperidine rings is 1. The van der Waals surface area contributed by atoms with E-state index in [0.29, 0.717) is 12.5 Å². The SMILES string of the molecule is COc1ccc(Cn2nnnc2C(C(C)C)N2CCC(Cc3ccccc3)CC2)cc1. The van der Waals surface area contributed by atoms with Gasteiger partial charge in [0.15, 0.2) is 5.82 Å². The van der Waals surface area contributed by atoms with Crippen LogP contribution in [-0.4, -0.2) is 45.3 Å². The molecule has 3 aromatic rings. The van der Waals surface area contributed by atoms with Crippen molar-refractivity contribution in [3.63, 3.8) is 0 Å². The lowest BCUT2D eigenvalue weighted by Crippen LogP contribution is -2.40. The molecule has 2 heterocycles. The second-order valence-electron chi connectivity index (χ2n) is 8.90. The van der Waals surface area contributed by atoms with Crippen molar-refractivity contribution in [3.05, 3.63) is 71.5 Å². The predicted molar refractivity (Wildman–Crippen MR) is 122 cm³/mol. The summed E-state index contributed by atoms with van der Waals surface area (Å²) >= 11 is 0. The van der Waals surface area contributed by atoms with Gasteiger partial charge in [-0.3, -0.25) is 4.90 Å². The van der Waals surface area contributed by atoms with E-state index < -0.39 is 0 Å². The molecular formula is C25H33N5O. The summed E-state index contributed by atoms with van der Waals surface area (Å²) in [5, 5.41) is 12.8. The van der Waals surface area contributed by atoms with Gasteiger partial charge >= 0.3 is 0 Å². The fourth-order valence-electron chi connectivity index (χ4n) is 4.71. The zero-order valence-electron chi connectivity index (χ0n) is 18.8. The number of aromatic nitrogens is 4. The summed E-state index contributed by atoms with van der Waals surface area (Å²) in [6, 6.07) is 19.2. The molecule has 1 unspecified atom stereocenters. The number of benzene rings is 2. The lowest BCUT2D eigenvalue weighted by atomic mass is 9.88. The number of nitrogens with zero attached hydrogens (tertiary/aromatic N) is 5. The largest absolute Gasteiger partial charge is 0.497 e. The van der Waals surface area contributed by atoms with Crippen LogP contribution in [0.4, 0.5) is 0 Å². The van der Waals surface area contributed by atoms with E-state index in [1.807, 2.05) is 16.8 Å². The van der Waals surface area contributed by atoms with Crippen molar-refractivity contribution in [2.75, 3.05) is 20.2 Å². The summed E-state index contributed by atoms with van der Waals surface area (Å²) in [6.45, 7) is 7.39. The highest BCUT2D eigenvalue weighted by Gasteiger charge is 2.32. The maximum Gasteiger partial charge on any atom is 0.169 e. The van der Waals surface area contributed by atoms with E-state index in [1.54, 1.807) is 7.11 Å². The number of rotatable bonds is 8. The summed E-state index contributed by atoms with van der Waals surface area (Å²) in [5.41, 5.74) is 2.61. The first-order valence-electron chi connectivity index (χ1n) is 11.3. The fraction of sp³-hybridized carbons (Fsp3) is 0.480. The number of hydrogen-bond donors (Lipinski definition) is 0. The number of likely N-dealkylation sites (tertiary alicyclic amines) is 1. The second kappa shape index (κ2) is 10.1. The second-order valence-corrected chi connectivity index (χ2v) is 8.90. The summed E-state index contributed by atoms with van der Waals surface area (Å²) in [7, 11) is 1.69. The first-order valence-corrected chi connectivity index (χ1v) is 11.3. The molecule has 0 radical (unpaired) electrons. The van der Waals surface area contributed by atoms with Crippen molar-refractivity contribution in [2.24, 2.45) is 11.8 Å². The molecule has 0 saturated carbocycles. The molecule has 0 N–H and O–H groups in total. The van der Waals surface area contributed by atoms with E-state index in [9.17, 15) is 0 Å². The molecule has 0 spiro atoms. The monoisotopic (exact) mass is 419 g/mol. The van der Waals surface area contributed by atoms with Gasteiger partial charge in [-0.2, -0.15) is 0 Å². The van der Waals surface area contributed by atoms with E-state index in [-0.39, 0.29) is 6.04 Å². The molecule has 4 rings (SSSR count). The van der Waals surface area contributed by atoms with Crippen LogP contribution in [0, 0.1) is 11.8 Å². The molecule has 164 valence electrons. The van der Waals surface area contributed by atoms with Crippen molar-refractivity contribution in [1.82, 2.24) is 25.1 Å². The molecule has 1 fully saturated rings. The van der Waals surface area contributed by atoms with Gasteiger partial charge in [-0.05, 0) is 77.9 Å². The molecule has 1 aliphatic rings. The fourth-order valence-corrected chi connectivity index (χ4v) is 4.71. The molecule has 6 heteroatoms. The van der Waals surface area contributed by atoms with Gasteiger partial charge in [0.25, 0.3) is 0 Å². The molecule has 1 atom stereocenters. The Morgan fingerprint density at radius 3 is 2.32 bits per heavy atom. The van der Waals surface area contributed by atoms with Crippen LogP contribution in [-0.2, 0) is 13.0 Å². The van der Waals surface area contributed by atoms with Gasteiger partial charge in [0.2, 0.25) is 0 Å². The summed E-state index contributed by atoms with van der Waals surface area (Å²) < 4.78 is 7.23. The highest BCUT2D eigenvalue weighted by atomic mass is 16.5. The first-order chi connectivity index (χ1) is 15.1. The van der Waals surface area contributed by atoms with Gasteiger partial charge in [0.05, 0.1) is 19.7 Å². The minimum absolute atomic E-state index is 0.228. The Kier molecular flexibility index (Phi) is 6.97. The summed E-state index contributed by atoms with van der Waals surface area (Å²) in [5.74, 6) is 3.01. The van der Waals surface area contributed by atoms with Crippen LogP contribution in [0.1, 0.15) is 49.7 Å². The highest BCUT2D eigenvalue weighted by molar-refractivity contribution is 5.27. The van der Waals surface area contributed by atoms with Gasteiger partial charge in [0, 0.05) is 0 Å². The lowest BCUT2D eigenvalue weighted by Gasteiger charge is -2.38. The first kappa shape index (κ1) is 21.5.